The van der Waals surface area contributed by atoms with E-state index in [0.717, 1.165) is 41.3 Å². The van der Waals surface area contributed by atoms with Crippen LogP contribution in [-0.4, -0.2) is 43.8 Å². The van der Waals surface area contributed by atoms with Crippen molar-refractivity contribution in [2.24, 2.45) is 4.99 Å². The summed E-state index contributed by atoms with van der Waals surface area (Å²) in [7, 11) is 0. The Morgan fingerprint density at radius 3 is 2.97 bits per heavy atom. The average molecular weight is 432 g/mol. The number of aromatic nitrogens is 5. The van der Waals surface area contributed by atoms with Crippen LogP contribution in [-0.2, 0) is 6.54 Å². The van der Waals surface area contributed by atoms with Crippen LogP contribution >= 0.6 is 11.6 Å². The van der Waals surface area contributed by atoms with Crippen molar-refractivity contribution in [3.05, 3.63) is 70.8 Å². The minimum absolute atomic E-state index is 0.366. The van der Waals surface area contributed by atoms with Crippen molar-refractivity contribution in [2.75, 3.05) is 18.4 Å². The number of nitrogens with one attached hydrogen (secondary N) is 1. The van der Waals surface area contributed by atoms with Gasteiger partial charge in [0.2, 0.25) is 0 Å². The Labute approximate surface area is 181 Å². The van der Waals surface area contributed by atoms with Gasteiger partial charge < -0.3 is 5.32 Å². The van der Waals surface area contributed by atoms with Gasteiger partial charge in [-0.1, -0.05) is 22.9 Å². The molecule has 0 saturated heterocycles. The second-order valence-electron chi connectivity index (χ2n) is 7.33. The molecule has 0 radical (unpaired) electrons. The lowest BCUT2D eigenvalue weighted by atomic mass is 9.99. The quantitative estimate of drug-likeness (QED) is 0.530. The summed E-state index contributed by atoms with van der Waals surface area (Å²) in [6, 6.07) is 10.2. The van der Waals surface area contributed by atoms with Crippen molar-refractivity contribution in [3.8, 4) is 11.3 Å². The molecule has 2 aliphatic rings. The normalized spacial score (nSPS) is 15.0. The van der Waals surface area contributed by atoms with Crippen LogP contribution in [0.5, 0.6) is 0 Å². The first-order valence-corrected chi connectivity index (χ1v) is 10.2. The molecule has 152 valence electrons. The highest BCUT2D eigenvalue weighted by molar-refractivity contribution is 6.35. The van der Waals surface area contributed by atoms with Crippen molar-refractivity contribution in [1.82, 2.24) is 25.0 Å². The molecule has 6 rings (SSSR count). The Balaban J connectivity index is 1.42. The van der Waals surface area contributed by atoms with E-state index in [1.807, 2.05) is 29.0 Å². The number of rotatable bonds is 3. The van der Waals surface area contributed by atoms with Crippen LogP contribution < -0.4 is 5.32 Å². The van der Waals surface area contributed by atoms with E-state index >= 15 is 0 Å². The molecule has 0 spiro atoms. The van der Waals surface area contributed by atoms with Crippen LogP contribution in [0.25, 0.3) is 27.9 Å². The lowest BCUT2D eigenvalue weighted by Crippen LogP contribution is -2.06. The molecule has 0 aliphatic carbocycles. The van der Waals surface area contributed by atoms with Crippen molar-refractivity contribution >= 4 is 39.7 Å². The number of hydrogen-bond donors (Lipinski definition) is 1. The summed E-state index contributed by atoms with van der Waals surface area (Å²) < 4.78 is 16.3. The molecule has 7 nitrogen and oxygen atoms in total. The van der Waals surface area contributed by atoms with E-state index in [9.17, 15) is 4.39 Å². The first-order chi connectivity index (χ1) is 15.2. The SMILES string of the molecule is Fc1ccc(Cl)cc1C1=NCC=C1c1ccc2ncc(-c3nnn4c3NCC4)cc2n1. The van der Waals surface area contributed by atoms with Gasteiger partial charge in [0.05, 0.1) is 35.5 Å². The number of nitrogens with zero attached hydrogens (tertiary/aromatic N) is 6. The van der Waals surface area contributed by atoms with E-state index in [2.05, 4.69) is 25.6 Å². The second kappa shape index (κ2) is 6.95. The molecule has 0 unspecified atom stereocenters. The van der Waals surface area contributed by atoms with E-state index in [1.165, 1.54) is 12.1 Å². The zero-order valence-corrected chi connectivity index (χ0v) is 16.9. The van der Waals surface area contributed by atoms with Gasteiger partial charge >= 0.3 is 0 Å². The van der Waals surface area contributed by atoms with E-state index < -0.39 is 0 Å². The van der Waals surface area contributed by atoms with Gasteiger partial charge in [0.25, 0.3) is 0 Å². The zero-order chi connectivity index (χ0) is 20.9. The standard InChI is InChI=1S/C22H15ClFN7/c23-13-1-2-16(24)15(10-13)21-14(5-6-25-21)17-3-4-18-19(28-17)9-12(11-27-18)20-22-26-7-8-31(22)30-29-20/h1-5,9-11,26H,6-8H2. The fraction of sp³-hybridized carbons (Fsp3) is 0.136. The minimum atomic E-state index is -0.366. The van der Waals surface area contributed by atoms with Gasteiger partial charge in [-0.2, -0.15) is 0 Å². The number of pyridine rings is 2. The molecule has 5 heterocycles. The maximum Gasteiger partial charge on any atom is 0.153 e. The van der Waals surface area contributed by atoms with E-state index in [1.54, 1.807) is 12.3 Å². The fourth-order valence-corrected chi connectivity index (χ4v) is 4.12. The van der Waals surface area contributed by atoms with Crippen LogP contribution in [0, 0.1) is 5.82 Å². The van der Waals surface area contributed by atoms with Gasteiger partial charge in [-0.15, -0.1) is 5.10 Å². The summed E-state index contributed by atoms with van der Waals surface area (Å²) in [6.07, 6.45) is 3.72. The van der Waals surface area contributed by atoms with Crippen LogP contribution in [0.4, 0.5) is 10.2 Å². The summed E-state index contributed by atoms with van der Waals surface area (Å²) in [5.74, 6) is 0.524. The van der Waals surface area contributed by atoms with Crippen LogP contribution in [0.1, 0.15) is 11.3 Å². The smallest absolute Gasteiger partial charge is 0.153 e. The fourth-order valence-electron chi connectivity index (χ4n) is 3.95. The highest BCUT2D eigenvalue weighted by Crippen LogP contribution is 2.31. The van der Waals surface area contributed by atoms with Gasteiger partial charge in [-0.3, -0.25) is 9.98 Å². The van der Waals surface area contributed by atoms with Gasteiger partial charge in [0.1, 0.15) is 11.5 Å². The van der Waals surface area contributed by atoms with Gasteiger partial charge in [-0.05, 0) is 36.4 Å². The number of anilines is 1. The molecule has 0 fully saturated rings. The highest BCUT2D eigenvalue weighted by Gasteiger charge is 2.22. The Morgan fingerprint density at radius 2 is 2.03 bits per heavy atom. The Morgan fingerprint density at radius 1 is 1.10 bits per heavy atom. The molecule has 1 aromatic carbocycles. The van der Waals surface area contributed by atoms with E-state index in [4.69, 9.17) is 16.6 Å². The van der Waals surface area contributed by atoms with Crippen LogP contribution in [0.2, 0.25) is 5.02 Å². The molecule has 0 atom stereocenters. The molecule has 9 heteroatoms. The monoisotopic (exact) mass is 431 g/mol. The van der Waals surface area contributed by atoms with E-state index in [-0.39, 0.29) is 5.82 Å². The third-order valence-corrected chi connectivity index (χ3v) is 5.66. The Bertz CT molecular complexity index is 1420. The number of benzene rings is 1. The molecular formula is C22H15ClFN7. The summed E-state index contributed by atoms with van der Waals surface area (Å²) in [6.45, 7) is 2.09. The van der Waals surface area contributed by atoms with Gasteiger partial charge in [-0.25, -0.2) is 14.1 Å². The number of hydrogen-bond acceptors (Lipinski definition) is 6. The summed E-state index contributed by atoms with van der Waals surface area (Å²) >= 11 is 6.09. The molecule has 2 aliphatic heterocycles. The predicted octanol–water partition coefficient (Wildman–Crippen LogP) is 3.99. The first-order valence-electron chi connectivity index (χ1n) is 9.83. The van der Waals surface area contributed by atoms with Crippen LogP contribution in [0.15, 0.2) is 53.7 Å². The lowest BCUT2D eigenvalue weighted by Gasteiger charge is -2.10. The summed E-state index contributed by atoms with van der Waals surface area (Å²) in [5, 5.41) is 12.2. The number of fused-ring (bicyclic) bond motifs is 2. The summed E-state index contributed by atoms with van der Waals surface area (Å²) in [5.41, 5.74) is 5.47. The molecular weight excluding hydrogens is 417 g/mol. The molecule has 0 amide bonds. The maximum atomic E-state index is 14.5. The van der Waals surface area contributed by atoms with Crippen molar-refractivity contribution in [3.63, 3.8) is 0 Å². The number of aliphatic imine (C=N–C) groups is 1. The predicted molar refractivity (Wildman–Crippen MR) is 118 cm³/mol. The molecule has 1 N–H and O–H groups in total. The van der Waals surface area contributed by atoms with E-state index in [0.29, 0.717) is 34.1 Å². The third kappa shape index (κ3) is 2.98. The first kappa shape index (κ1) is 18.1. The number of allylic oxidation sites excluding steroid dienone is 1. The molecule has 31 heavy (non-hydrogen) atoms. The Kier molecular flexibility index (Phi) is 4.07. The maximum absolute atomic E-state index is 14.5. The molecule has 4 aromatic rings. The van der Waals surface area contributed by atoms with Crippen molar-refractivity contribution < 1.29 is 4.39 Å². The third-order valence-electron chi connectivity index (χ3n) is 5.42. The minimum Gasteiger partial charge on any atom is -0.367 e. The zero-order valence-electron chi connectivity index (χ0n) is 16.2. The largest absolute Gasteiger partial charge is 0.367 e. The highest BCUT2D eigenvalue weighted by atomic mass is 35.5. The number of halogens is 2. The Hall–Kier alpha value is -3.65. The second-order valence-corrected chi connectivity index (χ2v) is 7.76. The average Bonchev–Trinajstić information content (AvgIpc) is 3.52. The molecule has 3 aromatic heterocycles. The van der Waals surface area contributed by atoms with Crippen molar-refractivity contribution in [2.45, 2.75) is 6.54 Å². The van der Waals surface area contributed by atoms with Gasteiger partial charge in [0, 0.05) is 34.5 Å². The summed E-state index contributed by atoms with van der Waals surface area (Å²) in [4.78, 5) is 13.8. The van der Waals surface area contributed by atoms with Gasteiger partial charge in [0.15, 0.2) is 5.82 Å². The molecule has 0 bridgehead atoms. The topological polar surface area (TPSA) is 80.9 Å². The lowest BCUT2D eigenvalue weighted by molar-refractivity contribution is 0.625. The van der Waals surface area contributed by atoms with Crippen molar-refractivity contribution in [1.29, 1.82) is 0 Å². The molecule has 0 saturated carbocycles. The van der Waals surface area contributed by atoms with Crippen LogP contribution in [0.3, 0.4) is 0 Å².